The third kappa shape index (κ3) is 2.75. The van der Waals surface area contributed by atoms with Gasteiger partial charge in [0, 0.05) is 33.4 Å². The lowest BCUT2D eigenvalue weighted by molar-refractivity contribution is 0.195. The highest BCUT2D eigenvalue weighted by Gasteiger charge is 2.61. The summed E-state index contributed by atoms with van der Waals surface area (Å²) in [5, 5.41) is 1.40. The van der Waals surface area contributed by atoms with Crippen molar-refractivity contribution >= 4 is 45.4 Å². The summed E-state index contributed by atoms with van der Waals surface area (Å²) < 4.78 is 2.63. The van der Waals surface area contributed by atoms with Crippen LogP contribution in [0.3, 0.4) is 0 Å². The van der Waals surface area contributed by atoms with E-state index in [2.05, 4.69) is 130 Å². The normalized spacial score (nSPS) is 23.2. The molecule has 0 saturated heterocycles. The Hall–Kier alpha value is -3.72. The Morgan fingerprint density at radius 2 is 1.52 bits per heavy atom. The molecule has 5 aromatic rings. The van der Waals surface area contributed by atoms with E-state index >= 15 is 0 Å². The molecule has 0 amide bonds. The second kappa shape index (κ2) is 7.81. The molecule has 0 N–H and O–H groups in total. The standard InChI is InChI=1S/C39H39BN2/c1-24-27-22-26(37(2,3)4)23-30-35(27)41(34(24)25-14-8-7-9-15-25)31-18-13-19-32-33(31)40(30)29-17-12-16-28-36(29)42(32)39(6)21-11-10-20-38(28,39)5/h7-9,12-19,22-23H,10-11,20-21H2,1-6H3. The Labute approximate surface area is 250 Å². The van der Waals surface area contributed by atoms with Gasteiger partial charge in [-0.3, -0.25) is 0 Å². The summed E-state index contributed by atoms with van der Waals surface area (Å²) >= 11 is 0. The lowest BCUT2D eigenvalue weighted by Crippen LogP contribution is -2.64. The molecule has 208 valence electrons. The summed E-state index contributed by atoms with van der Waals surface area (Å²) in [5.41, 5.74) is 17.4. The smallest absolute Gasteiger partial charge is 0.252 e. The van der Waals surface area contributed by atoms with E-state index < -0.39 is 0 Å². The zero-order chi connectivity index (χ0) is 28.8. The average molecular weight is 547 g/mol. The van der Waals surface area contributed by atoms with Gasteiger partial charge in [-0.2, -0.15) is 0 Å². The molecule has 0 spiro atoms. The molecule has 42 heavy (non-hydrogen) atoms. The molecular weight excluding hydrogens is 507 g/mol. The number of hydrogen-bond acceptors (Lipinski definition) is 1. The molecule has 2 atom stereocenters. The predicted octanol–water partition coefficient (Wildman–Crippen LogP) is 7.79. The van der Waals surface area contributed by atoms with Gasteiger partial charge in [0.15, 0.2) is 0 Å². The first kappa shape index (κ1) is 24.8. The van der Waals surface area contributed by atoms with Crippen molar-refractivity contribution in [3.05, 3.63) is 95.6 Å². The van der Waals surface area contributed by atoms with Crippen molar-refractivity contribution in [2.75, 3.05) is 4.90 Å². The van der Waals surface area contributed by atoms with Crippen LogP contribution in [-0.4, -0.2) is 16.8 Å². The van der Waals surface area contributed by atoms with E-state index in [-0.39, 0.29) is 23.1 Å². The van der Waals surface area contributed by atoms with Crippen molar-refractivity contribution in [3.63, 3.8) is 0 Å². The van der Waals surface area contributed by atoms with Crippen molar-refractivity contribution in [2.45, 2.75) is 83.6 Å². The van der Waals surface area contributed by atoms with E-state index in [1.165, 1.54) is 92.4 Å². The molecule has 4 aromatic carbocycles. The van der Waals surface area contributed by atoms with Crippen LogP contribution in [0.4, 0.5) is 11.4 Å². The Morgan fingerprint density at radius 3 is 2.31 bits per heavy atom. The molecule has 1 aromatic heterocycles. The van der Waals surface area contributed by atoms with E-state index in [9.17, 15) is 0 Å². The van der Waals surface area contributed by atoms with Crippen molar-refractivity contribution in [2.24, 2.45) is 0 Å². The molecule has 2 nitrogen and oxygen atoms in total. The maximum atomic E-state index is 2.82. The number of aryl methyl sites for hydroxylation is 1. The minimum absolute atomic E-state index is 0.0567. The molecule has 0 radical (unpaired) electrons. The van der Waals surface area contributed by atoms with Crippen LogP contribution in [0.15, 0.2) is 78.9 Å². The van der Waals surface area contributed by atoms with Gasteiger partial charge in [-0.15, -0.1) is 0 Å². The summed E-state index contributed by atoms with van der Waals surface area (Å²) in [6.45, 7) is 14.8. The quantitative estimate of drug-likeness (QED) is 0.191. The number of para-hydroxylation sites is 1. The third-order valence-corrected chi connectivity index (χ3v) is 11.9. The lowest BCUT2D eigenvalue weighted by Gasteiger charge is -2.52. The van der Waals surface area contributed by atoms with Crippen molar-refractivity contribution in [1.29, 1.82) is 0 Å². The van der Waals surface area contributed by atoms with Crippen LogP contribution in [0.5, 0.6) is 0 Å². The maximum Gasteiger partial charge on any atom is 0.252 e. The predicted molar refractivity (Wildman–Crippen MR) is 180 cm³/mol. The van der Waals surface area contributed by atoms with Crippen LogP contribution < -0.4 is 21.3 Å². The SMILES string of the molecule is Cc1c(-c2ccccc2)n2c3c(cc(C(C)(C)C)cc13)B1c3cccc4c3N(c3cccc-2c31)C1(C)CCCCC41C. The molecule has 1 aliphatic carbocycles. The fourth-order valence-corrected chi connectivity index (χ4v) is 9.54. The molecule has 3 heteroatoms. The summed E-state index contributed by atoms with van der Waals surface area (Å²) in [6.07, 6.45) is 5.12. The van der Waals surface area contributed by atoms with Crippen LogP contribution in [0.2, 0.25) is 0 Å². The molecular formula is C39H39BN2. The van der Waals surface area contributed by atoms with E-state index in [0.29, 0.717) is 0 Å². The average Bonchev–Trinajstić information content (AvgIpc) is 3.39. The summed E-state index contributed by atoms with van der Waals surface area (Å²) in [5.74, 6) is 0. The molecule has 4 heterocycles. The third-order valence-electron chi connectivity index (χ3n) is 11.9. The first-order chi connectivity index (χ1) is 20.1. The summed E-state index contributed by atoms with van der Waals surface area (Å²) in [7, 11) is 0. The first-order valence-corrected chi connectivity index (χ1v) is 16.0. The maximum absolute atomic E-state index is 2.82. The Balaban J connectivity index is 1.47. The zero-order valence-electron chi connectivity index (χ0n) is 25.8. The van der Waals surface area contributed by atoms with Crippen LogP contribution in [0, 0.1) is 6.92 Å². The van der Waals surface area contributed by atoms with E-state index in [1.807, 2.05) is 0 Å². The van der Waals surface area contributed by atoms with Crippen molar-refractivity contribution in [3.8, 4) is 16.9 Å². The molecule has 1 saturated carbocycles. The van der Waals surface area contributed by atoms with Gasteiger partial charge in [-0.1, -0.05) is 101 Å². The number of benzene rings is 4. The Bertz CT molecular complexity index is 1980. The summed E-state index contributed by atoms with van der Waals surface area (Å²) in [4.78, 5) is 2.82. The number of nitrogens with zero attached hydrogens (tertiary/aromatic N) is 2. The molecule has 3 aliphatic heterocycles. The second-order valence-corrected chi connectivity index (χ2v) is 14.9. The number of fused-ring (bicyclic) bond motifs is 7. The van der Waals surface area contributed by atoms with Crippen LogP contribution in [-0.2, 0) is 10.8 Å². The molecule has 0 bridgehead atoms. The largest absolute Gasteiger partial charge is 0.335 e. The van der Waals surface area contributed by atoms with Gasteiger partial charge in [-0.05, 0) is 88.9 Å². The van der Waals surface area contributed by atoms with Gasteiger partial charge < -0.3 is 9.47 Å². The number of hydrogen-bond donors (Lipinski definition) is 0. The molecule has 2 unspecified atom stereocenters. The monoisotopic (exact) mass is 546 g/mol. The molecule has 9 rings (SSSR count). The highest BCUT2D eigenvalue weighted by molar-refractivity contribution is 7.00. The minimum atomic E-state index is 0.0567. The number of rotatable bonds is 1. The topological polar surface area (TPSA) is 8.17 Å². The van der Waals surface area contributed by atoms with E-state index in [1.54, 1.807) is 5.56 Å². The van der Waals surface area contributed by atoms with E-state index in [0.717, 1.165) is 0 Å². The van der Waals surface area contributed by atoms with Gasteiger partial charge in [0.05, 0.1) is 11.2 Å². The molecule has 4 aliphatic rings. The summed E-state index contributed by atoms with van der Waals surface area (Å²) in [6, 6.07) is 30.6. The van der Waals surface area contributed by atoms with Crippen molar-refractivity contribution in [1.82, 2.24) is 4.57 Å². The second-order valence-electron chi connectivity index (χ2n) is 14.9. The van der Waals surface area contributed by atoms with Crippen LogP contribution in [0.25, 0.3) is 27.8 Å². The van der Waals surface area contributed by atoms with Crippen molar-refractivity contribution < 1.29 is 0 Å². The fourth-order valence-electron chi connectivity index (χ4n) is 9.54. The molecule has 1 fully saturated rings. The lowest BCUT2D eigenvalue weighted by atomic mass is 9.33. The van der Waals surface area contributed by atoms with Crippen LogP contribution >= 0.6 is 0 Å². The van der Waals surface area contributed by atoms with Gasteiger partial charge in [-0.25, -0.2) is 0 Å². The van der Waals surface area contributed by atoms with E-state index in [4.69, 9.17) is 0 Å². The van der Waals surface area contributed by atoms with Gasteiger partial charge in [0.25, 0.3) is 6.71 Å². The zero-order valence-corrected chi connectivity index (χ0v) is 25.8. The minimum Gasteiger partial charge on any atom is -0.335 e. The van der Waals surface area contributed by atoms with Gasteiger partial charge >= 0.3 is 0 Å². The van der Waals surface area contributed by atoms with Gasteiger partial charge in [0.2, 0.25) is 0 Å². The Kier molecular flexibility index (Phi) is 4.62. The van der Waals surface area contributed by atoms with Gasteiger partial charge in [0.1, 0.15) is 0 Å². The van der Waals surface area contributed by atoms with Crippen LogP contribution in [0.1, 0.15) is 77.0 Å². The first-order valence-electron chi connectivity index (χ1n) is 16.0. The highest BCUT2D eigenvalue weighted by atomic mass is 15.3. The Morgan fingerprint density at radius 1 is 0.786 bits per heavy atom. The number of aromatic nitrogens is 1. The fraction of sp³-hybridized carbons (Fsp3) is 0.333. The number of anilines is 2. The highest BCUT2D eigenvalue weighted by Crippen LogP contribution is 2.61.